The molecule has 21 heavy (non-hydrogen) atoms. The second-order valence-corrected chi connectivity index (χ2v) is 7.72. The first kappa shape index (κ1) is 17.9. The molecule has 0 saturated heterocycles. The first-order valence-electron chi connectivity index (χ1n) is 6.08. The highest BCUT2D eigenvalue weighted by Crippen LogP contribution is 2.29. The van der Waals surface area contributed by atoms with E-state index >= 15 is 0 Å². The Labute approximate surface area is 131 Å². The van der Waals surface area contributed by atoms with E-state index in [0.29, 0.717) is 0 Å². The SMILES string of the molecule is CC(C)CN(CC(N)=O)S(=O)(=O)c1cc(N)c(F)cc1Br. The van der Waals surface area contributed by atoms with Gasteiger partial charge in [-0.25, -0.2) is 12.8 Å². The highest BCUT2D eigenvalue weighted by atomic mass is 79.9. The zero-order valence-electron chi connectivity index (χ0n) is 11.6. The van der Waals surface area contributed by atoms with Crippen LogP contribution in [0.1, 0.15) is 13.8 Å². The number of carbonyl (C=O) groups is 1. The van der Waals surface area contributed by atoms with Crippen LogP contribution in [0.3, 0.4) is 0 Å². The molecule has 0 aliphatic rings. The van der Waals surface area contributed by atoms with Crippen molar-refractivity contribution >= 4 is 37.5 Å². The Bertz CT molecular complexity index is 649. The number of primary amides is 1. The van der Waals surface area contributed by atoms with Gasteiger partial charge in [-0.3, -0.25) is 4.79 Å². The monoisotopic (exact) mass is 381 g/mol. The highest BCUT2D eigenvalue weighted by Gasteiger charge is 2.29. The summed E-state index contributed by atoms with van der Waals surface area (Å²) in [6, 6.07) is 1.99. The summed E-state index contributed by atoms with van der Waals surface area (Å²) in [7, 11) is -4.02. The number of anilines is 1. The summed E-state index contributed by atoms with van der Waals surface area (Å²) in [5, 5.41) is 0. The predicted octanol–water partition coefficient (Wildman–Crippen LogP) is 1.30. The quantitative estimate of drug-likeness (QED) is 0.724. The molecule has 6 nitrogen and oxygen atoms in total. The van der Waals surface area contributed by atoms with Crippen LogP contribution >= 0.6 is 15.9 Å². The molecule has 1 aromatic carbocycles. The predicted molar refractivity (Wildman–Crippen MR) is 81.3 cm³/mol. The van der Waals surface area contributed by atoms with Crippen LogP contribution in [0, 0.1) is 11.7 Å². The van der Waals surface area contributed by atoms with E-state index in [1.165, 1.54) is 0 Å². The first-order chi connectivity index (χ1) is 9.55. The lowest BCUT2D eigenvalue weighted by Gasteiger charge is -2.23. The lowest BCUT2D eigenvalue weighted by Crippen LogP contribution is -2.40. The van der Waals surface area contributed by atoms with Gasteiger partial charge in [0, 0.05) is 11.0 Å². The van der Waals surface area contributed by atoms with E-state index < -0.39 is 28.3 Å². The number of rotatable bonds is 6. The minimum Gasteiger partial charge on any atom is -0.396 e. The van der Waals surface area contributed by atoms with E-state index in [1.807, 2.05) is 0 Å². The third-order valence-corrected chi connectivity index (χ3v) is 5.34. The van der Waals surface area contributed by atoms with E-state index in [-0.39, 0.29) is 27.5 Å². The van der Waals surface area contributed by atoms with Gasteiger partial charge in [0.25, 0.3) is 0 Å². The summed E-state index contributed by atoms with van der Waals surface area (Å²) < 4.78 is 39.5. The molecule has 0 aliphatic carbocycles. The van der Waals surface area contributed by atoms with E-state index in [2.05, 4.69) is 15.9 Å². The molecule has 4 N–H and O–H groups in total. The number of halogens is 2. The number of sulfonamides is 1. The van der Waals surface area contributed by atoms with Gasteiger partial charge in [0.05, 0.1) is 17.1 Å². The van der Waals surface area contributed by atoms with E-state index in [9.17, 15) is 17.6 Å². The highest BCUT2D eigenvalue weighted by molar-refractivity contribution is 9.10. The topological polar surface area (TPSA) is 106 Å². The van der Waals surface area contributed by atoms with Gasteiger partial charge in [0.2, 0.25) is 15.9 Å². The van der Waals surface area contributed by atoms with Gasteiger partial charge >= 0.3 is 0 Å². The average molecular weight is 382 g/mol. The van der Waals surface area contributed by atoms with E-state index in [4.69, 9.17) is 11.5 Å². The fourth-order valence-electron chi connectivity index (χ4n) is 1.71. The van der Waals surface area contributed by atoms with Crippen molar-refractivity contribution in [1.29, 1.82) is 0 Å². The summed E-state index contributed by atoms with van der Waals surface area (Å²) in [5.74, 6) is -1.52. The summed E-state index contributed by atoms with van der Waals surface area (Å²) in [5.41, 5.74) is 10.2. The number of nitrogens with two attached hydrogens (primary N) is 2. The van der Waals surface area contributed by atoms with Gasteiger partial charge in [-0.1, -0.05) is 13.8 Å². The van der Waals surface area contributed by atoms with Crippen LogP contribution in [0.2, 0.25) is 0 Å². The molecule has 1 aromatic rings. The van der Waals surface area contributed by atoms with Crippen molar-refractivity contribution in [1.82, 2.24) is 4.31 Å². The van der Waals surface area contributed by atoms with Crippen LogP contribution in [0.15, 0.2) is 21.5 Å². The molecule has 0 fully saturated rings. The van der Waals surface area contributed by atoms with Gasteiger partial charge in [-0.15, -0.1) is 0 Å². The summed E-state index contributed by atoms with van der Waals surface area (Å²) in [4.78, 5) is 10.9. The maximum Gasteiger partial charge on any atom is 0.244 e. The molecule has 118 valence electrons. The number of nitrogens with zero attached hydrogens (tertiary/aromatic N) is 1. The van der Waals surface area contributed by atoms with Gasteiger partial charge < -0.3 is 11.5 Å². The fourth-order valence-corrected chi connectivity index (χ4v) is 4.29. The van der Waals surface area contributed by atoms with Crippen LogP contribution in [-0.4, -0.2) is 31.7 Å². The lowest BCUT2D eigenvalue weighted by molar-refractivity contribution is -0.118. The Morgan fingerprint density at radius 1 is 1.43 bits per heavy atom. The van der Waals surface area contributed by atoms with Crippen LogP contribution in [0.25, 0.3) is 0 Å². The largest absolute Gasteiger partial charge is 0.396 e. The van der Waals surface area contributed by atoms with Crippen LogP contribution < -0.4 is 11.5 Å². The third-order valence-electron chi connectivity index (χ3n) is 2.57. The molecule has 0 unspecified atom stereocenters. The normalized spacial score (nSPS) is 12.1. The summed E-state index contributed by atoms with van der Waals surface area (Å²) >= 11 is 3.00. The molecule has 0 aliphatic heterocycles. The molecule has 0 radical (unpaired) electrons. The maximum atomic E-state index is 13.3. The second-order valence-electron chi connectivity index (χ2n) is 4.96. The molecule has 0 heterocycles. The smallest absolute Gasteiger partial charge is 0.244 e. The van der Waals surface area contributed by atoms with Crippen molar-refractivity contribution in [3.05, 3.63) is 22.4 Å². The molecule has 0 aromatic heterocycles. The minimum atomic E-state index is -4.02. The Hall–Kier alpha value is -1.19. The van der Waals surface area contributed by atoms with Gasteiger partial charge in [-0.2, -0.15) is 4.31 Å². The number of nitrogen functional groups attached to an aromatic ring is 1. The fraction of sp³-hybridized carbons (Fsp3) is 0.417. The van der Waals surface area contributed by atoms with Gasteiger partial charge in [0.15, 0.2) is 0 Å². The number of amides is 1. The number of carbonyl (C=O) groups excluding carboxylic acids is 1. The molecule has 0 bridgehead atoms. The zero-order valence-corrected chi connectivity index (χ0v) is 14.0. The van der Waals surface area contributed by atoms with Crippen molar-refractivity contribution in [2.75, 3.05) is 18.8 Å². The first-order valence-corrected chi connectivity index (χ1v) is 8.32. The minimum absolute atomic E-state index is 0.0179. The molecule has 0 atom stereocenters. The summed E-state index contributed by atoms with van der Waals surface area (Å²) in [6.07, 6.45) is 0. The van der Waals surface area contributed by atoms with Crippen LogP contribution in [-0.2, 0) is 14.8 Å². The van der Waals surface area contributed by atoms with Crippen molar-refractivity contribution < 1.29 is 17.6 Å². The lowest BCUT2D eigenvalue weighted by atomic mass is 10.2. The molecule has 9 heteroatoms. The Balaban J connectivity index is 3.34. The summed E-state index contributed by atoms with van der Waals surface area (Å²) in [6.45, 7) is 3.26. The number of hydrogen-bond donors (Lipinski definition) is 2. The molecule has 1 amide bonds. The second kappa shape index (κ2) is 6.71. The van der Waals surface area contributed by atoms with E-state index in [0.717, 1.165) is 16.4 Å². The van der Waals surface area contributed by atoms with Crippen molar-refractivity contribution in [3.63, 3.8) is 0 Å². The Morgan fingerprint density at radius 2 is 2.00 bits per heavy atom. The third kappa shape index (κ3) is 4.39. The molecule has 0 spiro atoms. The van der Waals surface area contributed by atoms with Crippen molar-refractivity contribution in [2.24, 2.45) is 11.7 Å². The van der Waals surface area contributed by atoms with Gasteiger partial charge in [0.1, 0.15) is 5.82 Å². The average Bonchev–Trinajstić information content (AvgIpc) is 2.31. The molecule has 1 rings (SSSR count). The van der Waals surface area contributed by atoms with E-state index in [1.54, 1.807) is 13.8 Å². The zero-order chi connectivity index (χ0) is 16.4. The number of benzene rings is 1. The maximum absolute atomic E-state index is 13.3. The molecular formula is C12H17BrFN3O3S. The van der Waals surface area contributed by atoms with Crippen LogP contribution in [0.4, 0.5) is 10.1 Å². The standard InChI is InChI=1S/C12H17BrFN3O3S/c1-7(2)5-17(6-12(16)18)21(19,20)11-4-10(15)9(14)3-8(11)13/h3-4,7H,5-6,15H2,1-2H3,(H2,16,18). The Kier molecular flexibility index (Phi) is 5.71. The van der Waals surface area contributed by atoms with Crippen LogP contribution in [0.5, 0.6) is 0 Å². The van der Waals surface area contributed by atoms with Crippen molar-refractivity contribution in [2.45, 2.75) is 18.7 Å². The Morgan fingerprint density at radius 3 is 2.48 bits per heavy atom. The number of hydrogen-bond acceptors (Lipinski definition) is 4. The molecule has 0 saturated carbocycles. The molecular weight excluding hydrogens is 365 g/mol. The van der Waals surface area contributed by atoms with Crippen molar-refractivity contribution in [3.8, 4) is 0 Å². The van der Waals surface area contributed by atoms with Gasteiger partial charge in [-0.05, 0) is 34.0 Å².